The van der Waals surface area contributed by atoms with E-state index in [4.69, 9.17) is 0 Å². The van der Waals surface area contributed by atoms with Crippen molar-refractivity contribution in [2.45, 2.75) is 76.5 Å². The van der Waals surface area contributed by atoms with Gasteiger partial charge < -0.3 is 9.88 Å². The maximum absolute atomic E-state index is 14.1. The van der Waals surface area contributed by atoms with Gasteiger partial charge in [-0.05, 0) is 79.1 Å². The summed E-state index contributed by atoms with van der Waals surface area (Å²) in [5, 5.41) is 2.67. The molecule has 0 bridgehead atoms. The van der Waals surface area contributed by atoms with Gasteiger partial charge in [0.1, 0.15) is 5.82 Å². The Morgan fingerprint density at radius 3 is 2.09 bits per heavy atom. The second-order valence-corrected chi connectivity index (χ2v) is 13.9. The molecule has 3 aromatic carbocycles. The van der Waals surface area contributed by atoms with E-state index in [0.717, 1.165) is 47.3 Å². The summed E-state index contributed by atoms with van der Waals surface area (Å²) in [6, 6.07) is 25.6. The minimum Gasteiger partial charge on any atom is -0.343 e. The molecule has 1 aliphatic carbocycles. The van der Waals surface area contributed by atoms with Crippen LogP contribution in [0.5, 0.6) is 0 Å². The van der Waals surface area contributed by atoms with Gasteiger partial charge in [0.05, 0.1) is 16.5 Å². The summed E-state index contributed by atoms with van der Waals surface area (Å²) in [4.78, 5) is 26.3. The smallest absolute Gasteiger partial charge is 0.258 e. The molecule has 9 heteroatoms. The highest BCUT2D eigenvalue weighted by Gasteiger charge is 2.36. The van der Waals surface area contributed by atoms with Gasteiger partial charge in [0, 0.05) is 29.9 Å². The minimum absolute atomic E-state index is 0.00436. The van der Waals surface area contributed by atoms with Crippen LogP contribution in [-0.2, 0) is 21.4 Å². The third-order valence-corrected chi connectivity index (χ3v) is 9.91. The topological polar surface area (TPSA) is 97.3 Å². The molecule has 4 aromatic rings. The summed E-state index contributed by atoms with van der Waals surface area (Å²) in [6.07, 6.45) is 4.32. The highest BCUT2D eigenvalue weighted by molar-refractivity contribution is 7.90. The zero-order chi connectivity index (χ0) is 32.0. The van der Waals surface area contributed by atoms with Crippen LogP contribution in [0.2, 0.25) is 0 Å². The Morgan fingerprint density at radius 2 is 1.47 bits per heavy atom. The molecule has 2 amide bonds. The highest BCUT2D eigenvalue weighted by Crippen LogP contribution is 2.42. The molecule has 0 atom stereocenters. The fraction of sp³-hybridized carbons (Fsp3) is 0.333. The molecule has 5 rings (SSSR count). The van der Waals surface area contributed by atoms with Gasteiger partial charge >= 0.3 is 0 Å². The number of benzene rings is 3. The van der Waals surface area contributed by atoms with Crippen LogP contribution in [0.3, 0.4) is 0 Å². The Morgan fingerprint density at radius 1 is 0.844 bits per heavy atom. The van der Waals surface area contributed by atoms with Gasteiger partial charge in [-0.2, -0.15) is 0 Å². The lowest BCUT2D eigenvalue weighted by atomic mass is 9.94. The van der Waals surface area contributed by atoms with Crippen molar-refractivity contribution in [1.82, 2.24) is 9.29 Å². The van der Waals surface area contributed by atoms with Crippen LogP contribution in [0.25, 0.3) is 22.4 Å². The van der Waals surface area contributed by atoms with Gasteiger partial charge in [0.15, 0.2) is 0 Å². The van der Waals surface area contributed by atoms with Crippen LogP contribution in [0.15, 0.2) is 84.9 Å². The van der Waals surface area contributed by atoms with Crippen LogP contribution in [0.4, 0.5) is 10.1 Å². The first-order chi connectivity index (χ1) is 21.7. The molecule has 0 saturated heterocycles. The number of anilines is 1. The number of amides is 2. The predicted octanol–water partition coefficient (Wildman–Crippen LogP) is 7.90. The van der Waals surface area contributed by atoms with E-state index in [1.807, 2.05) is 60.7 Å². The quantitative estimate of drug-likeness (QED) is 0.139. The van der Waals surface area contributed by atoms with Crippen LogP contribution in [-0.4, -0.2) is 30.0 Å². The van der Waals surface area contributed by atoms with Crippen molar-refractivity contribution in [2.75, 3.05) is 5.32 Å². The van der Waals surface area contributed by atoms with Gasteiger partial charge in [-0.3, -0.25) is 14.3 Å². The van der Waals surface area contributed by atoms with E-state index in [1.54, 1.807) is 12.1 Å². The molecule has 1 aliphatic rings. The van der Waals surface area contributed by atoms with Gasteiger partial charge in [-0.15, -0.1) is 0 Å². The maximum atomic E-state index is 14.1. The zero-order valence-corrected chi connectivity index (χ0v) is 26.6. The van der Waals surface area contributed by atoms with Crippen molar-refractivity contribution < 1.29 is 22.4 Å². The van der Waals surface area contributed by atoms with Crippen molar-refractivity contribution in [3.8, 4) is 22.4 Å². The molecule has 0 spiro atoms. The van der Waals surface area contributed by atoms with Crippen molar-refractivity contribution in [1.29, 1.82) is 0 Å². The summed E-state index contributed by atoms with van der Waals surface area (Å²) in [7, 11) is -3.53. The van der Waals surface area contributed by atoms with E-state index in [9.17, 15) is 22.4 Å². The zero-order valence-electron chi connectivity index (χ0n) is 25.8. The first-order valence-corrected chi connectivity index (χ1v) is 17.2. The number of unbranched alkanes of at least 4 members (excludes halogenated alkanes) is 3. The largest absolute Gasteiger partial charge is 0.343 e. The summed E-state index contributed by atoms with van der Waals surface area (Å²) in [5.41, 5.74) is 5.54. The van der Waals surface area contributed by atoms with Crippen LogP contribution in [0, 0.1) is 5.82 Å². The molecule has 1 aromatic heterocycles. The third-order valence-electron chi connectivity index (χ3n) is 8.04. The molecule has 1 heterocycles. The molecule has 1 saturated carbocycles. The fourth-order valence-electron chi connectivity index (χ4n) is 5.79. The van der Waals surface area contributed by atoms with Gasteiger partial charge in [-0.25, -0.2) is 12.8 Å². The normalized spacial score (nSPS) is 13.2. The Bertz CT molecular complexity index is 1730. The Balaban J connectivity index is 1.45. The molecular weight excluding hydrogens is 589 g/mol. The Labute approximate surface area is 264 Å². The number of carbonyl (C=O) groups is 2. The first kappa shape index (κ1) is 32.2. The average Bonchev–Trinajstić information content (AvgIpc) is 3.83. The van der Waals surface area contributed by atoms with E-state index in [2.05, 4.69) is 28.5 Å². The number of hydrogen-bond acceptors (Lipinski definition) is 4. The standard InChI is InChI=1S/C36H40FN3O4S/c1-25(2)34-33(36(42)38-29-15-9-6-10-16-29)32(26-13-7-5-8-14-26)35(27-18-20-28(37)21-19-27)40(34)24-12-4-3-11-17-31(41)39-45(43,44)30-22-23-30/h5-10,13-16,18-21,25,30H,3-4,11-12,17,22-24H2,1-2H3,(H,38,42)(H,39,41). The summed E-state index contributed by atoms with van der Waals surface area (Å²) in [5.74, 6) is -0.999. The monoisotopic (exact) mass is 629 g/mol. The van der Waals surface area contributed by atoms with Crippen molar-refractivity contribution >= 4 is 27.5 Å². The number of rotatable bonds is 14. The van der Waals surface area contributed by atoms with Crippen LogP contribution < -0.4 is 10.0 Å². The highest BCUT2D eigenvalue weighted by atomic mass is 32.2. The predicted molar refractivity (Wildman–Crippen MR) is 177 cm³/mol. The maximum Gasteiger partial charge on any atom is 0.258 e. The van der Waals surface area contributed by atoms with Gasteiger partial charge in [0.2, 0.25) is 15.9 Å². The number of halogens is 1. The molecule has 7 nitrogen and oxygen atoms in total. The molecule has 45 heavy (non-hydrogen) atoms. The second kappa shape index (κ2) is 14.2. The molecule has 1 fully saturated rings. The lowest BCUT2D eigenvalue weighted by Crippen LogP contribution is -2.32. The van der Waals surface area contributed by atoms with Gasteiger partial charge in [0.25, 0.3) is 5.91 Å². The second-order valence-electron chi connectivity index (χ2n) is 11.9. The number of nitrogens with one attached hydrogen (secondary N) is 2. The van der Waals surface area contributed by atoms with Crippen LogP contribution >= 0.6 is 0 Å². The number of nitrogens with zero attached hydrogens (tertiary/aromatic N) is 1. The molecule has 0 unspecified atom stereocenters. The van der Waals surface area contributed by atoms with Gasteiger partial charge in [-0.1, -0.05) is 75.2 Å². The number of hydrogen-bond donors (Lipinski definition) is 2. The lowest BCUT2D eigenvalue weighted by Gasteiger charge is -2.17. The van der Waals surface area contributed by atoms with Crippen LogP contribution in [0.1, 0.15) is 80.8 Å². The number of aromatic nitrogens is 1. The average molecular weight is 630 g/mol. The third kappa shape index (κ3) is 7.89. The first-order valence-electron chi connectivity index (χ1n) is 15.6. The Hall–Kier alpha value is -4.24. The molecular formula is C36H40FN3O4S. The SMILES string of the molecule is CC(C)c1c(C(=O)Nc2ccccc2)c(-c2ccccc2)c(-c2ccc(F)cc2)n1CCCCCCC(=O)NS(=O)(=O)C1CC1. The Kier molecular flexibility index (Phi) is 10.2. The van der Waals surface area contributed by atoms with E-state index in [-0.39, 0.29) is 24.1 Å². The summed E-state index contributed by atoms with van der Waals surface area (Å²) >= 11 is 0. The minimum atomic E-state index is -3.53. The lowest BCUT2D eigenvalue weighted by molar-refractivity contribution is -0.119. The molecule has 2 N–H and O–H groups in total. The van der Waals surface area contributed by atoms with Crippen molar-refractivity contribution in [3.05, 3.63) is 102 Å². The molecule has 0 aliphatic heterocycles. The summed E-state index contributed by atoms with van der Waals surface area (Å²) < 4.78 is 42.6. The van der Waals surface area contributed by atoms with E-state index in [0.29, 0.717) is 37.1 Å². The molecule has 0 radical (unpaired) electrons. The number of para-hydroxylation sites is 1. The van der Waals surface area contributed by atoms with Crippen molar-refractivity contribution in [2.24, 2.45) is 0 Å². The molecule has 236 valence electrons. The fourth-order valence-corrected chi connectivity index (χ4v) is 7.13. The number of carbonyl (C=O) groups excluding carboxylic acids is 2. The summed E-state index contributed by atoms with van der Waals surface area (Å²) in [6.45, 7) is 4.76. The van der Waals surface area contributed by atoms with E-state index >= 15 is 0 Å². The van der Waals surface area contributed by atoms with Crippen molar-refractivity contribution in [3.63, 3.8) is 0 Å². The number of sulfonamides is 1. The van der Waals surface area contributed by atoms with E-state index < -0.39 is 21.2 Å². The van der Waals surface area contributed by atoms with E-state index in [1.165, 1.54) is 12.1 Å².